The Labute approximate surface area is 143 Å². The van der Waals surface area contributed by atoms with E-state index in [4.69, 9.17) is 4.43 Å². The summed E-state index contributed by atoms with van der Waals surface area (Å²) in [6.07, 6.45) is 8.67. The van der Waals surface area contributed by atoms with Crippen LogP contribution >= 0.6 is 0 Å². The van der Waals surface area contributed by atoms with Gasteiger partial charge in [0.2, 0.25) is 0 Å². The topological polar surface area (TPSA) is 26.3 Å². The predicted octanol–water partition coefficient (Wildman–Crippen LogP) is 5.42. The normalized spacial score (nSPS) is 16.7. The molecule has 23 heavy (non-hydrogen) atoms. The van der Waals surface area contributed by atoms with Crippen molar-refractivity contribution in [1.82, 2.24) is 0 Å². The van der Waals surface area contributed by atoms with Gasteiger partial charge in [-0.15, -0.1) is 6.58 Å². The molecule has 1 rings (SSSR count). The molecule has 0 bridgehead atoms. The summed E-state index contributed by atoms with van der Waals surface area (Å²) < 4.78 is 6.50. The van der Waals surface area contributed by atoms with Crippen LogP contribution in [0.4, 0.5) is 0 Å². The van der Waals surface area contributed by atoms with E-state index in [9.17, 15) is 4.79 Å². The molecule has 0 amide bonds. The minimum atomic E-state index is -1.84. The number of hydrogen-bond acceptors (Lipinski definition) is 2. The van der Waals surface area contributed by atoms with Crippen LogP contribution in [-0.4, -0.2) is 20.7 Å². The van der Waals surface area contributed by atoms with Gasteiger partial charge in [-0.3, -0.25) is 4.79 Å². The first-order valence-electron chi connectivity index (χ1n) is 8.68. The molecule has 1 aliphatic carbocycles. The Kier molecular flexibility index (Phi) is 7.50. The highest BCUT2D eigenvalue weighted by atomic mass is 28.4. The van der Waals surface area contributed by atoms with Crippen molar-refractivity contribution in [2.75, 3.05) is 0 Å². The molecule has 0 fully saturated rings. The van der Waals surface area contributed by atoms with Crippen molar-refractivity contribution in [3.05, 3.63) is 23.8 Å². The first-order valence-corrected chi connectivity index (χ1v) is 11.6. The van der Waals surface area contributed by atoms with Crippen molar-refractivity contribution < 1.29 is 9.22 Å². The van der Waals surface area contributed by atoms with Crippen molar-refractivity contribution in [3.63, 3.8) is 0 Å². The van der Waals surface area contributed by atoms with Crippen LogP contribution in [-0.2, 0) is 9.22 Å². The Bertz CT molecular complexity index is 512. The standard InChI is InChI=1S/C20H32O2Si/c1-7-8-9-13-19(22-23(5,6)20(2,3)4)15-14-17-11-10-12-18(17)16-21/h7,16,19H,1,8-13H2,2-6H3. The second-order valence-corrected chi connectivity index (χ2v) is 12.6. The van der Waals surface area contributed by atoms with Crippen LogP contribution in [0.15, 0.2) is 23.8 Å². The lowest BCUT2D eigenvalue weighted by Gasteiger charge is -2.38. The summed E-state index contributed by atoms with van der Waals surface area (Å²) in [5, 5.41) is 0.173. The third kappa shape index (κ3) is 6.12. The molecule has 0 saturated heterocycles. The zero-order valence-electron chi connectivity index (χ0n) is 15.5. The molecule has 0 saturated carbocycles. The molecule has 0 spiro atoms. The fraction of sp³-hybridized carbons (Fsp3) is 0.650. The van der Waals surface area contributed by atoms with Crippen molar-refractivity contribution in [3.8, 4) is 11.8 Å². The summed E-state index contributed by atoms with van der Waals surface area (Å²) in [4.78, 5) is 11.1. The smallest absolute Gasteiger partial charge is 0.193 e. The fourth-order valence-electron chi connectivity index (χ4n) is 2.35. The lowest BCUT2D eigenvalue weighted by molar-refractivity contribution is -0.105. The molecule has 1 atom stereocenters. The molecule has 0 aliphatic heterocycles. The van der Waals surface area contributed by atoms with E-state index >= 15 is 0 Å². The van der Waals surface area contributed by atoms with Gasteiger partial charge in [0.1, 0.15) is 12.4 Å². The highest BCUT2D eigenvalue weighted by Gasteiger charge is 2.38. The van der Waals surface area contributed by atoms with Gasteiger partial charge in [0.25, 0.3) is 0 Å². The summed E-state index contributed by atoms with van der Waals surface area (Å²) in [5.74, 6) is 6.58. The third-order valence-corrected chi connectivity index (χ3v) is 9.39. The minimum Gasteiger partial charge on any atom is -0.403 e. The van der Waals surface area contributed by atoms with Gasteiger partial charge in [-0.2, -0.15) is 0 Å². The van der Waals surface area contributed by atoms with E-state index < -0.39 is 8.32 Å². The average molecular weight is 333 g/mol. The van der Waals surface area contributed by atoms with Crippen LogP contribution in [0.1, 0.15) is 59.3 Å². The van der Waals surface area contributed by atoms with E-state index in [2.05, 4.69) is 52.3 Å². The maximum atomic E-state index is 11.1. The largest absolute Gasteiger partial charge is 0.403 e. The molecule has 0 aromatic heterocycles. The molecule has 0 N–H and O–H groups in total. The Morgan fingerprint density at radius 2 is 2.04 bits per heavy atom. The first-order chi connectivity index (χ1) is 10.7. The number of unbranched alkanes of at least 4 members (excludes halogenated alkanes) is 1. The molecule has 0 aromatic carbocycles. The molecule has 0 heterocycles. The summed E-state index contributed by atoms with van der Waals surface area (Å²) >= 11 is 0. The van der Waals surface area contributed by atoms with Gasteiger partial charge in [-0.25, -0.2) is 0 Å². The maximum Gasteiger partial charge on any atom is 0.193 e. The van der Waals surface area contributed by atoms with Crippen LogP contribution in [0.25, 0.3) is 0 Å². The average Bonchev–Trinajstić information content (AvgIpc) is 2.90. The Morgan fingerprint density at radius 3 is 2.61 bits per heavy atom. The molecule has 3 heteroatoms. The van der Waals surface area contributed by atoms with Crippen LogP contribution in [0.3, 0.4) is 0 Å². The van der Waals surface area contributed by atoms with E-state index in [0.717, 1.165) is 56.0 Å². The van der Waals surface area contributed by atoms with Crippen LogP contribution in [0.5, 0.6) is 0 Å². The lowest BCUT2D eigenvalue weighted by atomic mass is 10.1. The van der Waals surface area contributed by atoms with E-state index in [1.807, 2.05) is 6.08 Å². The van der Waals surface area contributed by atoms with Gasteiger partial charge in [-0.1, -0.05) is 38.7 Å². The van der Waals surface area contributed by atoms with Crippen LogP contribution in [0, 0.1) is 11.8 Å². The molecule has 1 aliphatic rings. The SMILES string of the molecule is C=CCCCC(C#CC1=C(C=O)CCC1)O[Si](C)(C)C(C)(C)C. The third-order valence-electron chi connectivity index (χ3n) is 4.90. The summed E-state index contributed by atoms with van der Waals surface area (Å²) in [6, 6.07) is 0. The van der Waals surface area contributed by atoms with Crippen LogP contribution < -0.4 is 0 Å². The molecule has 1 unspecified atom stereocenters. The zero-order valence-corrected chi connectivity index (χ0v) is 16.5. The number of aldehydes is 1. The van der Waals surface area contributed by atoms with Crippen molar-refractivity contribution in [1.29, 1.82) is 0 Å². The molecule has 2 nitrogen and oxygen atoms in total. The van der Waals surface area contributed by atoms with Gasteiger partial charge in [-0.05, 0) is 56.7 Å². The molecule has 128 valence electrons. The van der Waals surface area contributed by atoms with Gasteiger partial charge >= 0.3 is 0 Å². The van der Waals surface area contributed by atoms with E-state index in [1.165, 1.54) is 0 Å². The number of hydrogen-bond donors (Lipinski definition) is 0. The second kappa shape index (κ2) is 8.66. The molecule has 0 radical (unpaired) electrons. The van der Waals surface area contributed by atoms with Crippen molar-refractivity contribution in [2.45, 2.75) is 83.5 Å². The van der Waals surface area contributed by atoms with Crippen molar-refractivity contribution >= 4 is 14.6 Å². The Balaban J connectivity index is 2.89. The monoisotopic (exact) mass is 332 g/mol. The fourth-order valence-corrected chi connectivity index (χ4v) is 3.59. The van der Waals surface area contributed by atoms with Gasteiger partial charge < -0.3 is 4.43 Å². The van der Waals surface area contributed by atoms with E-state index in [1.54, 1.807) is 0 Å². The Morgan fingerprint density at radius 1 is 1.35 bits per heavy atom. The van der Waals surface area contributed by atoms with Crippen molar-refractivity contribution in [2.24, 2.45) is 0 Å². The first kappa shape index (κ1) is 19.9. The summed E-state index contributed by atoms with van der Waals surface area (Å²) in [5.41, 5.74) is 1.90. The number of rotatable bonds is 7. The highest BCUT2D eigenvalue weighted by Crippen LogP contribution is 2.37. The highest BCUT2D eigenvalue weighted by molar-refractivity contribution is 6.74. The van der Waals surface area contributed by atoms with E-state index in [-0.39, 0.29) is 11.1 Å². The van der Waals surface area contributed by atoms with Gasteiger partial charge in [0.15, 0.2) is 8.32 Å². The lowest BCUT2D eigenvalue weighted by Crippen LogP contribution is -2.43. The second-order valence-electron chi connectivity index (χ2n) is 7.83. The molecule has 0 aromatic rings. The minimum absolute atomic E-state index is 0.0446. The van der Waals surface area contributed by atoms with Gasteiger partial charge in [0.05, 0.1) is 0 Å². The van der Waals surface area contributed by atoms with E-state index in [0.29, 0.717) is 0 Å². The van der Waals surface area contributed by atoms with Crippen LogP contribution in [0.2, 0.25) is 18.1 Å². The maximum absolute atomic E-state index is 11.1. The Hall–Kier alpha value is -1.11. The van der Waals surface area contributed by atoms with Gasteiger partial charge in [0, 0.05) is 11.1 Å². The molecular weight excluding hydrogens is 300 g/mol. The molecular formula is C20H32O2Si. The summed E-state index contributed by atoms with van der Waals surface area (Å²) in [7, 11) is -1.84. The quantitative estimate of drug-likeness (QED) is 0.205. The number of allylic oxidation sites excluding steroid dienone is 3. The zero-order chi connectivity index (χ0) is 17.5. The predicted molar refractivity (Wildman–Crippen MR) is 101 cm³/mol. The number of carbonyl (C=O) groups excluding carboxylic acids is 1. The number of carbonyl (C=O) groups is 1. The summed E-state index contributed by atoms with van der Waals surface area (Å²) in [6.45, 7) is 15.1.